The summed E-state index contributed by atoms with van der Waals surface area (Å²) in [5.41, 5.74) is 0.559. The van der Waals surface area contributed by atoms with Crippen LogP contribution in [0.3, 0.4) is 0 Å². The Bertz CT molecular complexity index is 613. The number of hydrogen-bond acceptors (Lipinski definition) is 6. The zero-order valence-corrected chi connectivity index (χ0v) is 11.4. The first-order chi connectivity index (χ1) is 10.1. The van der Waals surface area contributed by atoms with Gasteiger partial charge in [-0.05, 0) is 24.3 Å². The predicted octanol–water partition coefficient (Wildman–Crippen LogP) is 2.75. The Labute approximate surface area is 121 Å². The Morgan fingerprint density at radius 1 is 1.24 bits per heavy atom. The molecule has 0 aliphatic carbocycles. The minimum Gasteiger partial charge on any atom is -0.733 e. The van der Waals surface area contributed by atoms with Gasteiger partial charge in [-0.25, -0.2) is 4.79 Å². The first kappa shape index (κ1) is 14.8. The number of hydrogen-bond donors (Lipinski definition) is 1. The van der Waals surface area contributed by atoms with Crippen LogP contribution in [0.5, 0.6) is 5.75 Å². The number of carbonyl (C=O) groups is 1. The Kier molecular flexibility index (Phi) is 4.76. The average molecular weight is 288 g/mol. The molecule has 0 aliphatic heterocycles. The predicted molar refractivity (Wildman–Crippen MR) is 76.2 cm³/mol. The molecule has 110 valence electrons. The highest BCUT2D eigenvalue weighted by molar-refractivity contribution is 5.90. The summed E-state index contributed by atoms with van der Waals surface area (Å²) < 4.78 is 10.1. The van der Waals surface area contributed by atoms with E-state index in [9.17, 15) is 10.0 Å². The van der Waals surface area contributed by atoms with E-state index in [1.54, 1.807) is 12.1 Å². The molecule has 0 saturated carbocycles. The fourth-order valence-corrected chi connectivity index (χ4v) is 1.79. The van der Waals surface area contributed by atoms with Crippen molar-refractivity contribution in [2.24, 2.45) is 0 Å². The molecule has 6 nitrogen and oxygen atoms in total. The summed E-state index contributed by atoms with van der Waals surface area (Å²) in [6.45, 7) is 0.0834. The molecule has 0 unspecified atom stereocenters. The Morgan fingerprint density at radius 3 is 2.57 bits per heavy atom. The van der Waals surface area contributed by atoms with E-state index in [0.717, 1.165) is 0 Å². The molecule has 2 aromatic carbocycles. The van der Waals surface area contributed by atoms with Crippen molar-refractivity contribution in [2.75, 3.05) is 12.3 Å². The minimum atomic E-state index is -0.589. The van der Waals surface area contributed by atoms with Crippen LogP contribution in [-0.4, -0.2) is 18.3 Å². The number of rotatable bonds is 5. The van der Waals surface area contributed by atoms with Crippen molar-refractivity contribution >= 4 is 11.7 Å². The van der Waals surface area contributed by atoms with E-state index < -0.39 is 5.97 Å². The number of esters is 1. The van der Waals surface area contributed by atoms with Crippen molar-refractivity contribution in [2.45, 2.75) is 6.61 Å². The largest absolute Gasteiger partial charge is 0.733 e. The Morgan fingerprint density at radius 2 is 1.95 bits per heavy atom. The third-order valence-electron chi connectivity index (χ3n) is 2.85. The van der Waals surface area contributed by atoms with Crippen molar-refractivity contribution < 1.29 is 19.5 Å². The van der Waals surface area contributed by atoms with Gasteiger partial charge in [-0.1, -0.05) is 24.3 Å². The van der Waals surface area contributed by atoms with Gasteiger partial charge in [0, 0.05) is 5.56 Å². The second-order valence-electron chi connectivity index (χ2n) is 4.21. The summed E-state index contributed by atoms with van der Waals surface area (Å²) in [5.74, 6) is 0.0458. The molecule has 0 radical (unpaired) electrons. The maximum atomic E-state index is 11.4. The van der Waals surface area contributed by atoms with Gasteiger partial charge in [0.25, 0.3) is 0 Å². The third kappa shape index (κ3) is 3.71. The first-order valence-corrected chi connectivity index (χ1v) is 6.17. The van der Waals surface area contributed by atoms with E-state index >= 15 is 0 Å². The highest BCUT2D eigenvalue weighted by Crippen LogP contribution is 2.23. The number of para-hydroxylation sites is 1. The van der Waals surface area contributed by atoms with Crippen LogP contribution in [0.2, 0.25) is 0 Å². The fourth-order valence-electron chi connectivity index (χ4n) is 1.79. The maximum Gasteiger partial charge on any atom is 0.337 e. The van der Waals surface area contributed by atoms with Crippen LogP contribution < -0.4 is 9.96 Å². The van der Waals surface area contributed by atoms with Gasteiger partial charge in [0.15, 0.2) is 0 Å². The van der Waals surface area contributed by atoms with Crippen LogP contribution in [-0.2, 0) is 11.3 Å². The number of anilines is 1. The summed E-state index contributed by atoms with van der Waals surface area (Å²) in [6.07, 6.45) is 0. The van der Waals surface area contributed by atoms with Crippen molar-refractivity contribution in [3.63, 3.8) is 0 Å². The lowest BCUT2D eigenvalue weighted by atomic mass is 10.1. The van der Waals surface area contributed by atoms with Crippen molar-refractivity contribution in [1.29, 1.82) is 0 Å². The van der Waals surface area contributed by atoms with Crippen molar-refractivity contribution in [1.82, 2.24) is 0 Å². The molecule has 0 aromatic heterocycles. The number of benzene rings is 2. The molecule has 0 heterocycles. The van der Waals surface area contributed by atoms with Gasteiger partial charge in [0.1, 0.15) is 12.4 Å². The van der Waals surface area contributed by atoms with Crippen LogP contribution in [0.1, 0.15) is 15.9 Å². The molecule has 6 heteroatoms. The topological polar surface area (TPSA) is 82.1 Å². The number of carbonyl (C=O) groups excluding carboxylic acids is 1. The lowest BCUT2D eigenvalue weighted by Gasteiger charge is -2.25. The van der Waals surface area contributed by atoms with E-state index in [-0.39, 0.29) is 23.1 Å². The van der Waals surface area contributed by atoms with Crippen molar-refractivity contribution in [3.8, 4) is 5.75 Å². The standard InChI is InChI=1S/C15H14NO5/c1-20-15(17)11-7-8-12(14(9-11)16(18)19)10-21-13-5-3-2-4-6-13/h2-9,18H,10H2,1H3/q-1. The molecule has 2 rings (SSSR count). The van der Waals surface area contributed by atoms with Crippen molar-refractivity contribution in [3.05, 3.63) is 64.9 Å². The molecule has 0 atom stereocenters. The highest BCUT2D eigenvalue weighted by atomic mass is 16.8. The molecule has 1 N–H and O–H groups in total. The minimum absolute atomic E-state index is 0.0613. The summed E-state index contributed by atoms with van der Waals surface area (Å²) >= 11 is 0. The molecule has 0 fully saturated rings. The normalized spacial score (nSPS) is 10.0. The van der Waals surface area contributed by atoms with Gasteiger partial charge < -0.3 is 19.9 Å². The van der Waals surface area contributed by atoms with Gasteiger partial charge in [0.05, 0.1) is 18.4 Å². The second-order valence-corrected chi connectivity index (χ2v) is 4.21. The van der Waals surface area contributed by atoms with Crippen LogP contribution in [0.25, 0.3) is 0 Å². The van der Waals surface area contributed by atoms with E-state index in [1.807, 2.05) is 18.2 Å². The van der Waals surface area contributed by atoms with E-state index in [4.69, 9.17) is 9.94 Å². The lowest BCUT2D eigenvalue weighted by Crippen LogP contribution is -2.13. The molecule has 0 aliphatic rings. The number of nitrogens with zero attached hydrogens (tertiary/aromatic N) is 1. The van der Waals surface area contributed by atoms with E-state index in [2.05, 4.69) is 4.74 Å². The van der Waals surface area contributed by atoms with Gasteiger partial charge in [-0.3, -0.25) is 5.21 Å². The van der Waals surface area contributed by atoms with Crippen LogP contribution in [0.15, 0.2) is 48.5 Å². The molecular weight excluding hydrogens is 274 g/mol. The van der Waals surface area contributed by atoms with Crippen LogP contribution in [0.4, 0.5) is 5.69 Å². The third-order valence-corrected chi connectivity index (χ3v) is 2.85. The summed E-state index contributed by atoms with van der Waals surface area (Å²) in [4.78, 5) is 11.4. The fraction of sp³-hybridized carbons (Fsp3) is 0.133. The summed E-state index contributed by atoms with van der Waals surface area (Å²) in [7, 11) is 1.24. The summed E-state index contributed by atoms with van der Waals surface area (Å²) in [5, 5.41) is 20.1. The van der Waals surface area contributed by atoms with Gasteiger partial charge >= 0.3 is 5.97 Å². The number of ether oxygens (including phenoxy) is 2. The van der Waals surface area contributed by atoms with Gasteiger partial charge in [-0.15, -0.1) is 0 Å². The second kappa shape index (κ2) is 6.74. The highest BCUT2D eigenvalue weighted by Gasteiger charge is 2.11. The molecule has 0 amide bonds. The number of methoxy groups -OCH3 is 1. The maximum absolute atomic E-state index is 11.4. The first-order valence-electron chi connectivity index (χ1n) is 6.17. The molecule has 0 spiro atoms. The summed E-state index contributed by atoms with van der Waals surface area (Å²) in [6, 6.07) is 13.3. The SMILES string of the molecule is COC(=O)c1ccc(COc2ccccc2)c(N([O-])O)c1. The van der Waals surface area contributed by atoms with Gasteiger partial charge in [-0.2, -0.15) is 0 Å². The zero-order chi connectivity index (χ0) is 15.2. The Hall–Kier alpha value is -2.57. The van der Waals surface area contributed by atoms with Crippen LogP contribution >= 0.6 is 0 Å². The smallest absolute Gasteiger partial charge is 0.337 e. The molecule has 2 aromatic rings. The lowest BCUT2D eigenvalue weighted by molar-refractivity contribution is 0.0600. The zero-order valence-electron chi connectivity index (χ0n) is 11.4. The monoisotopic (exact) mass is 288 g/mol. The molecular formula is C15H14NO5-. The van der Waals surface area contributed by atoms with Crippen LogP contribution in [0, 0.1) is 5.21 Å². The van der Waals surface area contributed by atoms with E-state index in [1.165, 1.54) is 25.3 Å². The van der Waals surface area contributed by atoms with Gasteiger partial charge in [0.2, 0.25) is 0 Å². The molecule has 21 heavy (non-hydrogen) atoms. The molecule has 0 bridgehead atoms. The molecule has 0 saturated heterocycles. The average Bonchev–Trinajstić information content (AvgIpc) is 2.52. The Balaban J connectivity index is 2.20. The van der Waals surface area contributed by atoms with E-state index in [0.29, 0.717) is 11.3 Å². The quantitative estimate of drug-likeness (QED) is 0.673.